The van der Waals surface area contributed by atoms with Crippen molar-refractivity contribution in [2.75, 3.05) is 20.6 Å². The van der Waals surface area contributed by atoms with Gasteiger partial charge in [0.05, 0.1) is 0 Å². The minimum atomic E-state index is -3.25. The van der Waals surface area contributed by atoms with Gasteiger partial charge in [-0.25, -0.2) is 4.72 Å². The van der Waals surface area contributed by atoms with Gasteiger partial charge >= 0.3 is 0 Å². The molecule has 1 atom stereocenters. The summed E-state index contributed by atoms with van der Waals surface area (Å²) in [6.45, 7) is 4.80. The first-order valence-corrected chi connectivity index (χ1v) is 7.05. The zero-order valence-electron chi connectivity index (χ0n) is 10.3. The molecule has 1 unspecified atom stereocenters. The number of hydrogen-bond donors (Lipinski definition) is 1. The predicted octanol–water partition coefficient (Wildman–Crippen LogP) is 1.60. The summed E-state index contributed by atoms with van der Waals surface area (Å²) in [6, 6.07) is 0. The molecule has 92 valence electrons. The van der Waals surface area contributed by atoms with Gasteiger partial charge < -0.3 is 0 Å². The molecule has 15 heavy (non-hydrogen) atoms. The Morgan fingerprint density at radius 3 is 2.27 bits per heavy atom. The molecular formula is C10H24N2O2S. The number of rotatable bonds is 8. The Morgan fingerprint density at radius 2 is 1.87 bits per heavy atom. The second kappa shape index (κ2) is 7.19. The van der Waals surface area contributed by atoms with E-state index in [9.17, 15) is 8.42 Å². The molecule has 0 bridgehead atoms. The third kappa shape index (κ3) is 6.12. The second-order valence-corrected chi connectivity index (χ2v) is 6.02. The maximum absolute atomic E-state index is 11.4. The molecule has 0 aromatic heterocycles. The molecule has 1 N–H and O–H groups in total. The summed E-state index contributed by atoms with van der Waals surface area (Å²) < 4.78 is 26.7. The third-order valence-corrected chi connectivity index (χ3v) is 4.07. The number of hydrogen-bond acceptors (Lipinski definition) is 2. The summed E-state index contributed by atoms with van der Waals surface area (Å²) in [6.07, 6.45) is 4.46. The van der Waals surface area contributed by atoms with E-state index in [1.165, 1.54) is 24.8 Å². The maximum Gasteiger partial charge on any atom is 0.278 e. The highest BCUT2D eigenvalue weighted by Gasteiger charge is 2.14. The molecule has 0 fully saturated rings. The molecule has 0 saturated carbocycles. The molecule has 0 aromatic rings. The van der Waals surface area contributed by atoms with Crippen molar-refractivity contribution in [3.8, 4) is 0 Å². The quantitative estimate of drug-likeness (QED) is 0.696. The molecule has 0 spiro atoms. The highest BCUT2D eigenvalue weighted by atomic mass is 32.2. The minimum absolute atomic E-state index is 0.458. The average molecular weight is 236 g/mol. The van der Waals surface area contributed by atoms with E-state index in [-0.39, 0.29) is 0 Å². The number of nitrogens with zero attached hydrogens (tertiary/aromatic N) is 1. The molecule has 0 saturated heterocycles. The van der Waals surface area contributed by atoms with E-state index in [2.05, 4.69) is 18.6 Å². The van der Waals surface area contributed by atoms with Crippen molar-refractivity contribution < 1.29 is 8.42 Å². The van der Waals surface area contributed by atoms with Crippen LogP contribution in [0.1, 0.15) is 39.5 Å². The number of unbranched alkanes of at least 4 members (excludes halogenated alkanes) is 1. The average Bonchev–Trinajstić information content (AvgIpc) is 2.18. The van der Waals surface area contributed by atoms with Crippen LogP contribution in [0.3, 0.4) is 0 Å². The highest BCUT2D eigenvalue weighted by molar-refractivity contribution is 7.87. The molecule has 0 aliphatic rings. The lowest BCUT2D eigenvalue weighted by Crippen LogP contribution is -2.38. The molecule has 0 heterocycles. The fraction of sp³-hybridized carbons (Fsp3) is 1.00. The minimum Gasteiger partial charge on any atom is -0.202 e. The van der Waals surface area contributed by atoms with Crippen LogP contribution in [0, 0.1) is 5.92 Å². The summed E-state index contributed by atoms with van der Waals surface area (Å²) in [4.78, 5) is 0. The molecule has 0 amide bonds. The zero-order valence-corrected chi connectivity index (χ0v) is 11.1. The first kappa shape index (κ1) is 14.9. The first-order valence-electron chi connectivity index (χ1n) is 5.61. The van der Waals surface area contributed by atoms with Crippen molar-refractivity contribution in [1.29, 1.82) is 0 Å². The smallest absolute Gasteiger partial charge is 0.202 e. The summed E-state index contributed by atoms with van der Waals surface area (Å²) in [7, 11) is -0.171. The van der Waals surface area contributed by atoms with Gasteiger partial charge in [-0.15, -0.1) is 0 Å². The highest BCUT2D eigenvalue weighted by Crippen LogP contribution is 2.11. The van der Waals surface area contributed by atoms with Crippen LogP contribution in [0.25, 0.3) is 0 Å². The van der Waals surface area contributed by atoms with E-state index < -0.39 is 10.2 Å². The van der Waals surface area contributed by atoms with Crippen LogP contribution in [0.15, 0.2) is 0 Å². The van der Waals surface area contributed by atoms with E-state index in [1.807, 2.05) is 0 Å². The van der Waals surface area contributed by atoms with Crippen LogP contribution in [-0.4, -0.2) is 33.4 Å². The first-order chi connectivity index (χ1) is 6.94. The molecule has 0 aromatic carbocycles. The lowest BCUT2D eigenvalue weighted by Gasteiger charge is -2.17. The van der Waals surface area contributed by atoms with Gasteiger partial charge in [0.15, 0.2) is 0 Å². The molecule has 0 aliphatic heterocycles. The van der Waals surface area contributed by atoms with Gasteiger partial charge in [-0.3, -0.25) is 0 Å². The van der Waals surface area contributed by atoms with Gasteiger partial charge in [-0.05, 0) is 12.3 Å². The van der Waals surface area contributed by atoms with E-state index in [1.54, 1.807) is 0 Å². The van der Waals surface area contributed by atoms with E-state index in [0.717, 1.165) is 19.3 Å². The van der Waals surface area contributed by atoms with Crippen molar-refractivity contribution in [1.82, 2.24) is 9.03 Å². The fourth-order valence-electron chi connectivity index (χ4n) is 1.30. The van der Waals surface area contributed by atoms with E-state index in [0.29, 0.717) is 12.5 Å². The van der Waals surface area contributed by atoms with Gasteiger partial charge in [-0.2, -0.15) is 12.7 Å². The topological polar surface area (TPSA) is 49.4 Å². The lowest BCUT2D eigenvalue weighted by atomic mass is 10.00. The molecule has 0 rings (SSSR count). The predicted molar refractivity (Wildman–Crippen MR) is 63.9 cm³/mol. The van der Waals surface area contributed by atoms with Crippen molar-refractivity contribution in [3.63, 3.8) is 0 Å². The van der Waals surface area contributed by atoms with Crippen LogP contribution >= 0.6 is 0 Å². The summed E-state index contributed by atoms with van der Waals surface area (Å²) in [5.74, 6) is 0.458. The normalized spacial score (nSPS) is 14.5. The van der Waals surface area contributed by atoms with Crippen LogP contribution in [0.5, 0.6) is 0 Å². The van der Waals surface area contributed by atoms with Crippen LogP contribution in [0.2, 0.25) is 0 Å². The standard InChI is InChI=1S/C10H24N2O2S/c1-5-7-8-10(6-2)9-11-15(13,14)12(3)4/h10-11H,5-9H2,1-4H3. The Labute approximate surface area is 94.2 Å². The van der Waals surface area contributed by atoms with Crippen molar-refractivity contribution in [3.05, 3.63) is 0 Å². The summed E-state index contributed by atoms with van der Waals surface area (Å²) in [5, 5.41) is 0. The Morgan fingerprint density at radius 1 is 1.27 bits per heavy atom. The zero-order chi connectivity index (χ0) is 11.9. The monoisotopic (exact) mass is 236 g/mol. The second-order valence-electron chi connectivity index (χ2n) is 4.05. The van der Waals surface area contributed by atoms with Gasteiger partial charge in [0.25, 0.3) is 10.2 Å². The summed E-state index contributed by atoms with van der Waals surface area (Å²) >= 11 is 0. The third-order valence-electron chi connectivity index (χ3n) is 2.58. The van der Waals surface area contributed by atoms with Crippen molar-refractivity contribution in [2.45, 2.75) is 39.5 Å². The van der Waals surface area contributed by atoms with E-state index >= 15 is 0 Å². The van der Waals surface area contributed by atoms with E-state index in [4.69, 9.17) is 0 Å². The maximum atomic E-state index is 11.4. The Hall–Kier alpha value is -0.130. The van der Waals surface area contributed by atoms with Crippen LogP contribution in [-0.2, 0) is 10.2 Å². The number of nitrogens with one attached hydrogen (secondary N) is 1. The van der Waals surface area contributed by atoms with Crippen molar-refractivity contribution in [2.24, 2.45) is 5.92 Å². The molecule has 0 radical (unpaired) electrons. The van der Waals surface area contributed by atoms with Gasteiger partial charge in [0, 0.05) is 20.6 Å². The Balaban J connectivity index is 4.00. The summed E-state index contributed by atoms with van der Waals surface area (Å²) in [5.41, 5.74) is 0. The van der Waals surface area contributed by atoms with Crippen LogP contribution < -0.4 is 4.72 Å². The SMILES string of the molecule is CCCCC(CC)CNS(=O)(=O)N(C)C. The molecule has 0 aliphatic carbocycles. The lowest BCUT2D eigenvalue weighted by molar-refractivity contribution is 0.433. The Bertz CT molecular complexity index is 250. The van der Waals surface area contributed by atoms with Gasteiger partial charge in [0.2, 0.25) is 0 Å². The molecular weight excluding hydrogens is 212 g/mol. The molecule has 5 heteroatoms. The molecule has 4 nitrogen and oxygen atoms in total. The Kier molecular flexibility index (Phi) is 7.13. The van der Waals surface area contributed by atoms with Gasteiger partial charge in [-0.1, -0.05) is 33.1 Å². The van der Waals surface area contributed by atoms with Crippen LogP contribution in [0.4, 0.5) is 0 Å². The van der Waals surface area contributed by atoms with Gasteiger partial charge in [0.1, 0.15) is 0 Å². The fourth-order valence-corrected chi connectivity index (χ4v) is 2.00. The van der Waals surface area contributed by atoms with Crippen molar-refractivity contribution >= 4 is 10.2 Å². The largest absolute Gasteiger partial charge is 0.278 e.